The van der Waals surface area contributed by atoms with Gasteiger partial charge in [0.05, 0.1) is 5.69 Å². The molecule has 0 fully saturated rings. The molecule has 3 heteroatoms. The van der Waals surface area contributed by atoms with Gasteiger partial charge in [0.2, 0.25) is 0 Å². The predicted octanol–water partition coefficient (Wildman–Crippen LogP) is 3.32. The van der Waals surface area contributed by atoms with E-state index in [0.29, 0.717) is 0 Å². The Morgan fingerprint density at radius 1 is 1.06 bits per heavy atom. The topological polar surface area (TPSA) is 19.4 Å². The van der Waals surface area contributed by atoms with Crippen LogP contribution in [0.15, 0.2) is 42.6 Å². The lowest BCUT2D eigenvalue weighted by Gasteiger charge is -2.28. The highest BCUT2D eigenvalue weighted by molar-refractivity contribution is 5.81. The van der Waals surface area contributed by atoms with E-state index < -0.39 is 0 Å². The zero-order valence-electron chi connectivity index (χ0n) is 11.0. The minimum atomic E-state index is 0.288. The third-order valence-corrected chi connectivity index (χ3v) is 3.68. The molecule has 0 bridgehead atoms. The highest BCUT2D eigenvalue weighted by atomic mass is 15.4. The quantitative estimate of drug-likeness (QED) is 0.761. The second-order valence-electron chi connectivity index (χ2n) is 4.75. The maximum Gasteiger partial charge on any atom is 0.158 e. The lowest BCUT2D eigenvalue weighted by molar-refractivity contribution is 0.729. The van der Waals surface area contributed by atoms with Crippen molar-refractivity contribution in [3.05, 3.63) is 48.2 Å². The van der Waals surface area contributed by atoms with E-state index in [4.69, 9.17) is 0 Å². The van der Waals surface area contributed by atoms with Crippen LogP contribution in [0, 0.1) is 6.92 Å². The minimum absolute atomic E-state index is 0.288. The Morgan fingerprint density at radius 3 is 2.56 bits per heavy atom. The first kappa shape index (κ1) is 11.1. The van der Waals surface area contributed by atoms with Gasteiger partial charge in [-0.1, -0.05) is 18.2 Å². The number of aryl methyl sites for hydroxylation is 1. The number of benzene rings is 1. The Balaban J connectivity index is 2.16. The Bertz CT molecular complexity index is 579. The van der Waals surface area contributed by atoms with Crippen LogP contribution in [0.1, 0.15) is 12.5 Å². The highest BCUT2D eigenvalue weighted by Crippen LogP contribution is 2.42. The van der Waals surface area contributed by atoms with Crippen LogP contribution < -0.4 is 9.80 Å². The van der Waals surface area contributed by atoms with Crippen LogP contribution >= 0.6 is 0 Å². The van der Waals surface area contributed by atoms with Gasteiger partial charge in [-0.15, -0.1) is 0 Å². The number of hydrogen-bond acceptors (Lipinski definition) is 3. The van der Waals surface area contributed by atoms with Gasteiger partial charge in [0.15, 0.2) is 5.82 Å². The van der Waals surface area contributed by atoms with E-state index >= 15 is 0 Å². The molecule has 0 saturated carbocycles. The van der Waals surface area contributed by atoms with Crippen molar-refractivity contribution in [2.45, 2.75) is 20.0 Å². The molecule has 0 aliphatic carbocycles. The van der Waals surface area contributed by atoms with Gasteiger partial charge in [0.1, 0.15) is 6.17 Å². The van der Waals surface area contributed by atoms with Gasteiger partial charge in [-0.3, -0.25) is 0 Å². The van der Waals surface area contributed by atoms with Crippen LogP contribution in [0.4, 0.5) is 17.2 Å². The average Bonchev–Trinajstić information content (AvgIpc) is 2.64. The highest BCUT2D eigenvalue weighted by Gasteiger charge is 2.32. The zero-order chi connectivity index (χ0) is 12.7. The van der Waals surface area contributed by atoms with E-state index in [9.17, 15) is 0 Å². The molecule has 0 N–H and O–H groups in total. The van der Waals surface area contributed by atoms with Crippen molar-refractivity contribution in [3.63, 3.8) is 0 Å². The first-order valence-corrected chi connectivity index (χ1v) is 6.23. The summed E-state index contributed by atoms with van der Waals surface area (Å²) in [6, 6.07) is 12.6. The van der Waals surface area contributed by atoms with E-state index in [0.717, 1.165) is 5.82 Å². The van der Waals surface area contributed by atoms with E-state index in [1.54, 1.807) is 0 Å². The summed E-state index contributed by atoms with van der Waals surface area (Å²) >= 11 is 0. The zero-order valence-corrected chi connectivity index (χ0v) is 11.0. The summed E-state index contributed by atoms with van der Waals surface area (Å²) in [4.78, 5) is 9.10. The molecule has 1 aromatic heterocycles. The molecule has 2 heterocycles. The molecule has 18 heavy (non-hydrogen) atoms. The maximum atomic E-state index is 4.54. The fraction of sp³-hybridized carbons (Fsp3) is 0.267. The Morgan fingerprint density at radius 2 is 1.78 bits per heavy atom. The van der Waals surface area contributed by atoms with Gasteiger partial charge in [0.25, 0.3) is 0 Å². The number of fused-ring (bicyclic) bond motifs is 1. The number of hydrogen-bond donors (Lipinski definition) is 0. The lowest BCUT2D eigenvalue weighted by Crippen LogP contribution is -2.36. The molecule has 3 rings (SSSR count). The molecule has 0 amide bonds. The molecule has 1 atom stereocenters. The van der Waals surface area contributed by atoms with Crippen molar-refractivity contribution in [2.75, 3.05) is 16.8 Å². The summed E-state index contributed by atoms with van der Waals surface area (Å²) in [5, 5.41) is 0. The van der Waals surface area contributed by atoms with Gasteiger partial charge in [-0.05, 0) is 37.6 Å². The van der Waals surface area contributed by atoms with Crippen molar-refractivity contribution in [3.8, 4) is 0 Å². The number of anilines is 3. The number of pyridine rings is 1. The Kier molecular flexibility index (Phi) is 2.47. The number of para-hydroxylation sites is 1. The van der Waals surface area contributed by atoms with Crippen LogP contribution in [0.3, 0.4) is 0 Å². The molecule has 0 radical (unpaired) electrons. The van der Waals surface area contributed by atoms with E-state index in [1.807, 2.05) is 12.3 Å². The third kappa shape index (κ3) is 1.47. The molecule has 1 aliphatic heterocycles. The van der Waals surface area contributed by atoms with Crippen LogP contribution in [-0.2, 0) is 0 Å². The maximum absolute atomic E-state index is 4.54. The summed E-state index contributed by atoms with van der Waals surface area (Å²) in [5.74, 6) is 1.04. The molecule has 3 nitrogen and oxygen atoms in total. The SMILES string of the molecule is Cc1ccccc1N1c2ncccc2N(C)[C@H]1C. The first-order chi connectivity index (χ1) is 8.70. The molecular weight excluding hydrogens is 222 g/mol. The smallest absolute Gasteiger partial charge is 0.158 e. The van der Waals surface area contributed by atoms with Crippen LogP contribution in [0.5, 0.6) is 0 Å². The summed E-state index contributed by atoms with van der Waals surface area (Å²) in [5.41, 5.74) is 3.69. The fourth-order valence-corrected chi connectivity index (χ4v) is 2.55. The van der Waals surface area contributed by atoms with Crippen molar-refractivity contribution in [2.24, 2.45) is 0 Å². The van der Waals surface area contributed by atoms with E-state index in [1.165, 1.54) is 16.9 Å². The van der Waals surface area contributed by atoms with Crippen molar-refractivity contribution in [1.29, 1.82) is 0 Å². The van der Waals surface area contributed by atoms with Gasteiger partial charge in [-0.2, -0.15) is 0 Å². The molecule has 0 spiro atoms. The number of nitrogens with zero attached hydrogens (tertiary/aromatic N) is 3. The third-order valence-electron chi connectivity index (χ3n) is 3.68. The second-order valence-corrected chi connectivity index (χ2v) is 4.75. The number of aromatic nitrogens is 1. The van der Waals surface area contributed by atoms with Gasteiger partial charge in [-0.25, -0.2) is 4.98 Å². The van der Waals surface area contributed by atoms with Crippen LogP contribution in [0.25, 0.3) is 0 Å². The van der Waals surface area contributed by atoms with Crippen molar-refractivity contribution in [1.82, 2.24) is 4.98 Å². The van der Waals surface area contributed by atoms with Crippen molar-refractivity contribution < 1.29 is 0 Å². The Hall–Kier alpha value is -2.03. The molecule has 0 unspecified atom stereocenters. The molecule has 1 aromatic carbocycles. The van der Waals surface area contributed by atoms with E-state index in [2.05, 4.69) is 66.0 Å². The van der Waals surface area contributed by atoms with Crippen LogP contribution in [-0.4, -0.2) is 18.2 Å². The molecular formula is C15H17N3. The summed E-state index contributed by atoms with van der Waals surface area (Å²) in [6.07, 6.45) is 2.15. The first-order valence-electron chi connectivity index (χ1n) is 6.23. The Labute approximate surface area is 108 Å². The largest absolute Gasteiger partial charge is 0.351 e. The molecule has 92 valence electrons. The second kappa shape index (κ2) is 4.02. The summed E-state index contributed by atoms with van der Waals surface area (Å²) in [7, 11) is 2.11. The molecule has 2 aromatic rings. The molecule has 1 aliphatic rings. The van der Waals surface area contributed by atoms with Gasteiger partial charge >= 0.3 is 0 Å². The normalized spacial score (nSPS) is 18.1. The van der Waals surface area contributed by atoms with Crippen molar-refractivity contribution >= 4 is 17.2 Å². The average molecular weight is 239 g/mol. The van der Waals surface area contributed by atoms with Crippen LogP contribution in [0.2, 0.25) is 0 Å². The van der Waals surface area contributed by atoms with E-state index in [-0.39, 0.29) is 6.17 Å². The lowest BCUT2D eigenvalue weighted by atomic mass is 10.2. The summed E-state index contributed by atoms with van der Waals surface area (Å²) in [6.45, 7) is 4.34. The standard InChI is InChI=1S/C15H17N3/c1-11-7-4-5-8-13(11)18-12(2)17(3)14-9-6-10-16-15(14)18/h4-10,12H,1-3H3/t12-/m1/s1. The van der Waals surface area contributed by atoms with Gasteiger partial charge < -0.3 is 9.80 Å². The minimum Gasteiger partial charge on any atom is -0.351 e. The predicted molar refractivity (Wildman–Crippen MR) is 75.4 cm³/mol. The fourth-order valence-electron chi connectivity index (χ4n) is 2.55. The number of rotatable bonds is 1. The molecule has 0 saturated heterocycles. The summed E-state index contributed by atoms with van der Waals surface area (Å²) < 4.78 is 0. The van der Waals surface area contributed by atoms with Gasteiger partial charge in [0, 0.05) is 18.9 Å². The monoisotopic (exact) mass is 239 g/mol.